The highest BCUT2D eigenvalue weighted by molar-refractivity contribution is 6.30. The van der Waals surface area contributed by atoms with E-state index < -0.39 is 12.5 Å². The first-order valence-corrected chi connectivity index (χ1v) is 9.37. The van der Waals surface area contributed by atoms with Crippen LogP contribution < -0.4 is 19.5 Å². The largest absolute Gasteiger partial charge is 0.573 e. The number of rotatable bonds is 6. The van der Waals surface area contributed by atoms with Crippen LogP contribution in [-0.4, -0.2) is 25.6 Å². The number of halogens is 4. The molecule has 3 rings (SSSR count). The van der Waals surface area contributed by atoms with Gasteiger partial charge in [-0.1, -0.05) is 23.7 Å². The van der Waals surface area contributed by atoms with Crippen LogP contribution in [-0.2, 0) is 0 Å². The Kier molecular flexibility index (Phi) is 6.57. The maximum atomic E-state index is 12.4. The van der Waals surface area contributed by atoms with Gasteiger partial charge in [0.25, 0.3) is 0 Å². The van der Waals surface area contributed by atoms with E-state index in [1.807, 2.05) is 0 Å². The third-order valence-corrected chi connectivity index (χ3v) is 4.59. The normalized spacial score (nSPS) is 16.5. The monoisotopic (exact) mass is 415 g/mol. The Labute approximate surface area is 166 Å². The van der Waals surface area contributed by atoms with Gasteiger partial charge in [0.15, 0.2) is 11.5 Å². The SMILES string of the molecule is CC(Oc1ccc(Cl)cc1OC1CCNCC1)c1cccc(OC(F)(F)F)c1. The predicted molar refractivity (Wildman–Crippen MR) is 100 cm³/mol. The molecule has 1 aliphatic rings. The van der Waals surface area contributed by atoms with Crippen molar-refractivity contribution in [3.63, 3.8) is 0 Å². The molecular weight excluding hydrogens is 395 g/mol. The van der Waals surface area contributed by atoms with Crippen LogP contribution in [0.3, 0.4) is 0 Å². The first kappa shape index (κ1) is 20.6. The summed E-state index contributed by atoms with van der Waals surface area (Å²) >= 11 is 6.10. The van der Waals surface area contributed by atoms with Gasteiger partial charge >= 0.3 is 6.36 Å². The van der Waals surface area contributed by atoms with Gasteiger partial charge in [-0.25, -0.2) is 0 Å². The van der Waals surface area contributed by atoms with E-state index in [9.17, 15) is 13.2 Å². The molecule has 0 bridgehead atoms. The Bertz CT molecular complexity index is 795. The van der Waals surface area contributed by atoms with Crippen LogP contribution in [0.2, 0.25) is 5.02 Å². The maximum Gasteiger partial charge on any atom is 0.573 e. The third kappa shape index (κ3) is 5.94. The van der Waals surface area contributed by atoms with Crippen molar-refractivity contribution in [2.45, 2.75) is 38.3 Å². The average Bonchev–Trinajstić information content (AvgIpc) is 2.63. The van der Waals surface area contributed by atoms with Crippen LogP contribution in [0.5, 0.6) is 17.2 Å². The van der Waals surface area contributed by atoms with Crippen molar-refractivity contribution < 1.29 is 27.4 Å². The molecule has 1 heterocycles. The van der Waals surface area contributed by atoms with E-state index >= 15 is 0 Å². The van der Waals surface area contributed by atoms with Crippen LogP contribution in [0.15, 0.2) is 42.5 Å². The molecule has 1 saturated heterocycles. The number of piperidine rings is 1. The summed E-state index contributed by atoms with van der Waals surface area (Å²) in [5.74, 6) is 0.717. The first-order valence-electron chi connectivity index (χ1n) is 8.99. The summed E-state index contributed by atoms with van der Waals surface area (Å²) in [4.78, 5) is 0. The second kappa shape index (κ2) is 8.92. The molecule has 0 aromatic heterocycles. The highest BCUT2D eigenvalue weighted by Gasteiger charge is 2.31. The van der Waals surface area contributed by atoms with Crippen molar-refractivity contribution in [3.05, 3.63) is 53.1 Å². The lowest BCUT2D eigenvalue weighted by Gasteiger charge is -2.26. The fourth-order valence-corrected chi connectivity index (χ4v) is 3.15. The minimum Gasteiger partial charge on any atom is -0.486 e. The van der Waals surface area contributed by atoms with Crippen molar-refractivity contribution in [1.82, 2.24) is 5.32 Å². The van der Waals surface area contributed by atoms with Gasteiger partial charge in [0, 0.05) is 11.1 Å². The summed E-state index contributed by atoms with van der Waals surface area (Å²) < 4.78 is 53.4. The summed E-state index contributed by atoms with van der Waals surface area (Å²) in [6.45, 7) is 3.50. The molecule has 1 N–H and O–H groups in total. The number of nitrogens with one attached hydrogen (secondary N) is 1. The van der Waals surface area contributed by atoms with Gasteiger partial charge in [0.1, 0.15) is 18.0 Å². The zero-order chi connectivity index (χ0) is 20.1. The van der Waals surface area contributed by atoms with Gasteiger partial charge < -0.3 is 19.5 Å². The zero-order valence-corrected chi connectivity index (χ0v) is 16.0. The standard InChI is InChI=1S/C20H21ClF3NO3/c1-13(14-3-2-4-17(11-14)28-20(22,23)24)26-18-6-5-15(21)12-19(18)27-16-7-9-25-10-8-16/h2-6,11-13,16,25H,7-10H2,1H3. The lowest BCUT2D eigenvalue weighted by molar-refractivity contribution is -0.274. The van der Waals surface area contributed by atoms with Crippen molar-refractivity contribution in [2.24, 2.45) is 0 Å². The summed E-state index contributed by atoms with van der Waals surface area (Å²) in [6, 6.07) is 10.8. The van der Waals surface area contributed by atoms with Gasteiger partial charge in [-0.3, -0.25) is 0 Å². The molecule has 0 saturated carbocycles. The van der Waals surface area contributed by atoms with E-state index in [1.165, 1.54) is 18.2 Å². The molecule has 2 aromatic carbocycles. The van der Waals surface area contributed by atoms with E-state index in [1.54, 1.807) is 31.2 Å². The molecule has 0 radical (unpaired) electrons. The molecule has 4 nitrogen and oxygen atoms in total. The second-order valence-electron chi connectivity index (χ2n) is 6.54. The van der Waals surface area contributed by atoms with Gasteiger partial charge in [0.05, 0.1) is 0 Å². The molecule has 0 spiro atoms. The van der Waals surface area contributed by atoms with Crippen molar-refractivity contribution in [2.75, 3.05) is 13.1 Å². The Balaban J connectivity index is 1.74. The van der Waals surface area contributed by atoms with E-state index in [0.29, 0.717) is 22.1 Å². The molecule has 0 amide bonds. The van der Waals surface area contributed by atoms with Crippen LogP contribution >= 0.6 is 11.6 Å². The minimum absolute atomic E-state index is 0.0564. The van der Waals surface area contributed by atoms with Crippen LogP contribution in [0, 0.1) is 0 Å². The Morgan fingerprint density at radius 3 is 2.54 bits per heavy atom. The van der Waals surface area contributed by atoms with Gasteiger partial charge in [-0.15, -0.1) is 13.2 Å². The quantitative estimate of drug-likeness (QED) is 0.675. The fraction of sp³-hybridized carbons (Fsp3) is 0.400. The molecule has 8 heteroatoms. The number of hydrogen-bond donors (Lipinski definition) is 1. The van der Waals surface area contributed by atoms with Crippen LogP contribution in [0.4, 0.5) is 13.2 Å². The van der Waals surface area contributed by atoms with E-state index in [0.717, 1.165) is 25.9 Å². The van der Waals surface area contributed by atoms with Crippen LogP contribution in [0.1, 0.15) is 31.4 Å². The Morgan fingerprint density at radius 1 is 1.07 bits per heavy atom. The molecule has 152 valence electrons. The third-order valence-electron chi connectivity index (χ3n) is 4.35. The average molecular weight is 416 g/mol. The Hall–Kier alpha value is -2.12. The van der Waals surface area contributed by atoms with E-state index in [2.05, 4.69) is 10.1 Å². The number of alkyl halides is 3. The molecule has 1 atom stereocenters. The molecule has 1 aliphatic heterocycles. The van der Waals surface area contributed by atoms with Gasteiger partial charge in [-0.05, 0) is 62.7 Å². The predicted octanol–water partition coefficient (Wildman–Crippen LogP) is 5.51. The smallest absolute Gasteiger partial charge is 0.486 e. The first-order chi connectivity index (χ1) is 13.3. The number of hydrogen-bond acceptors (Lipinski definition) is 4. The number of ether oxygens (including phenoxy) is 3. The van der Waals surface area contributed by atoms with Gasteiger partial charge in [-0.2, -0.15) is 0 Å². The molecule has 2 aromatic rings. The van der Waals surface area contributed by atoms with Gasteiger partial charge in [0.2, 0.25) is 0 Å². The highest BCUT2D eigenvalue weighted by Crippen LogP contribution is 2.36. The van der Waals surface area contributed by atoms with E-state index in [4.69, 9.17) is 21.1 Å². The topological polar surface area (TPSA) is 39.7 Å². The van der Waals surface area contributed by atoms with Crippen molar-refractivity contribution in [3.8, 4) is 17.2 Å². The number of benzene rings is 2. The minimum atomic E-state index is -4.74. The summed E-state index contributed by atoms with van der Waals surface area (Å²) in [5.41, 5.74) is 0.546. The Morgan fingerprint density at radius 2 is 1.82 bits per heavy atom. The molecule has 1 fully saturated rings. The molecule has 28 heavy (non-hydrogen) atoms. The maximum absolute atomic E-state index is 12.4. The lowest BCUT2D eigenvalue weighted by Crippen LogP contribution is -2.34. The van der Waals surface area contributed by atoms with E-state index in [-0.39, 0.29) is 11.9 Å². The summed E-state index contributed by atoms with van der Waals surface area (Å²) in [7, 11) is 0. The van der Waals surface area contributed by atoms with Crippen molar-refractivity contribution in [1.29, 1.82) is 0 Å². The van der Waals surface area contributed by atoms with Crippen LogP contribution in [0.25, 0.3) is 0 Å². The zero-order valence-electron chi connectivity index (χ0n) is 15.3. The molecule has 1 unspecified atom stereocenters. The molecule has 0 aliphatic carbocycles. The summed E-state index contributed by atoms with van der Waals surface area (Å²) in [5, 5.41) is 3.79. The molecular formula is C20H21ClF3NO3. The lowest BCUT2D eigenvalue weighted by atomic mass is 10.1. The fourth-order valence-electron chi connectivity index (χ4n) is 2.99. The summed E-state index contributed by atoms with van der Waals surface area (Å²) in [6.07, 6.45) is -3.46. The van der Waals surface area contributed by atoms with Crippen molar-refractivity contribution >= 4 is 11.6 Å². The highest BCUT2D eigenvalue weighted by atomic mass is 35.5. The second-order valence-corrected chi connectivity index (χ2v) is 6.98.